The Morgan fingerprint density at radius 1 is 1.35 bits per heavy atom. The summed E-state index contributed by atoms with van der Waals surface area (Å²) in [4.78, 5) is 0. The summed E-state index contributed by atoms with van der Waals surface area (Å²) < 4.78 is 3.50. The molecule has 1 N–H and O–H groups in total. The minimum atomic E-state index is 0.495. The molecule has 0 aliphatic rings. The molecule has 0 bridgehead atoms. The number of rotatable bonds is 4. The first-order chi connectivity index (χ1) is 8.13. The van der Waals surface area contributed by atoms with Gasteiger partial charge in [-0.15, -0.1) is 0 Å². The van der Waals surface area contributed by atoms with Crippen molar-refractivity contribution in [1.82, 2.24) is 9.88 Å². The van der Waals surface area contributed by atoms with Gasteiger partial charge in [0.1, 0.15) is 0 Å². The summed E-state index contributed by atoms with van der Waals surface area (Å²) in [6.45, 7) is 5.47. The molecular formula is C14H19BrN2. The smallest absolute Gasteiger partial charge is 0.0496 e. The zero-order valence-electron chi connectivity index (χ0n) is 10.6. The second kappa shape index (κ2) is 5.23. The topological polar surface area (TPSA) is 17.0 Å². The zero-order chi connectivity index (χ0) is 12.4. The molecule has 0 unspecified atom stereocenters. The van der Waals surface area contributed by atoms with Crippen molar-refractivity contribution in [2.75, 3.05) is 13.6 Å². The fraction of sp³-hybridized carbons (Fsp3) is 0.429. The molecular weight excluding hydrogens is 276 g/mol. The molecule has 2 nitrogen and oxygen atoms in total. The highest BCUT2D eigenvalue weighted by Crippen LogP contribution is 2.27. The zero-order valence-corrected chi connectivity index (χ0v) is 12.2. The Morgan fingerprint density at radius 3 is 2.76 bits per heavy atom. The minimum absolute atomic E-state index is 0.495. The third-order valence-electron chi connectivity index (χ3n) is 3.08. The monoisotopic (exact) mass is 294 g/mol. The van der Waals surface area contributed by atoms with E-state index in [9.17, 15) is 0 Å². The van der Waals surface area contributed by atoms with E-state index in [1.807, 2.05) is 7.05 Å². The summed E-state index contributed by atoms with van der Waals surface area (Å²) in [7, 11) is 2.00. The maximum Gasteiger partial charge on any atom is 0.0496 e. The molecule has 0 saturated carbocycles. The van der Waals surface area contributed by atoms with Gasteiger partial charge in [0.25, 0.3) is 0 Å². The van der Waals surface area contributed by atoms with E-state index < -0.39 is 0 Å². The summed E-state index contributed by atoms with van der Waals surface area (Å²) in [5.74, 6) is 0. The van der Waals surface area contributed by atoms with Gasteiger partial charge in [0.05, 0.1) is 0 Å². The SMILES string of the molecule is CNCCc1cn(C(C)C)c2cc(Br)ccc12. The van der Waals surface area contributed by atoms with Crippen LogP contribution in [0.1, 0.15) is 25.5 Å². The van der Waals surface area contributed by atoms with Gasteiger partial charge in [0.2, 0.25) is 0 Å². The van der Waals surface area contributed by atoms with Crippen molar-refractivity contribution in [3.63, 3.8) is 0 Å². The van der Waals surface area contributed by atoms with E-state index in [0.29, 0.717) is 6.04 Å². The number of aromatic nitrogens is 1. The molecule has 2 rings (SSSR count). The summed E-state index contributed by atoms with van der Waals surface area (Å²) in [5.41, 5.74) is 2.75. The third kappa shape index (κ3) is 2.55. The Hall–Kier alpha value is -0.800. The van der Waals surface area contributed by atoms with Crippen LogP contribution in [0.4, 0.5) is 0 Å². The molecule has 17 heavy (non-hydrogen) atoms. The minimum Gasteiger partial charge on any atom is -0.345 e. The summed E-state index contributed by atoms with van der Waals surface area (Å²) >= 11 is 3.55. The lowest BCUT2D eigenvalue weighted by Crippen LogP contribution is -2.10. The molecule has 0 radical (unpaired) electrons. The first kappa shape index (κ1) is 12.7. The van der Waals surface area contributed by atoms with Gasteiger partial charge in [-0.1, -0.05) is 22.0 Å². The number of nitrogens with zero attached hydrogens (tertiary/aromatic N) is 1. The fourth-order valence-electron chi connectivity index (χ4n) is 2.18. The van der Waals surface area contributed by atoms with Crippen molar-refractivity contribution < 1.29 is 0 Å². The van der Waals surface area contributed by atoms with E-state index in [-0.39, 0.29) is 0 Å². The lowest BCUT2D eigenvalue weighted by molar-refractivity contribution is 0.620. The average molecular weight is 295 g/mol. The molecule has 3 heteroatoms. The molecule has 0 amide bonds. The predicted octanol–water partition coefficient (Wildman–Crippen LogP) is 3.75. The number of likely N-dealkylation sites (N-methyl/N-ethyl adjacent to an activating group) is 1. The molecule has 0 fully saturated rings. The largest absolute Gasteiger partial charge is 0.345 e. The highest BCUT2D eigenvalue weighted by Gasteiger charge is 2.10. The van der Waals surface area contributed by atoms with E-state index >= 15 is 0 Å². The lowest BCUT2D eigenvalue weighted by Gasteiger charge is -2.08. The van der Waals surface area contributed by atoms with Crippen LogP contribution in [0, 0.1) is 0 Å². The molecule has 0 aliphatic carbocycles. The van der Waals surface area contributed by atoms with Crippen LogP contribution < -0.4 is 5.32 Å². The number of hydrogen-bond donors (Lipinski definition) is 1. The van der Waals surface area contributed by atoms with Crippen LogP contribution in [0.2, 0.25) is 0 Å². The Kier molecular flexibility index (Phi) is 3.89. The Bertz CT molecular complexity index is 514. The van der Waals surface area contributed by atoms with Gasteiger partial charge in [-0.2, -0.15) is 0 Å². The van der Waals surface area contributed by atoms with Crippen molar-refractivity contribution in [1.29, 1.82) is 0 Å². The van der Waals surface area contributed by atoms with E-state index in [4.69, 9.17) is 0 Å². The molecule has 1 aromatic heterocycles. The molecule has 1 aromatic carbocycles. The van der Waals surface area contributed by atoms with Crippen molar-refractivity contribution in [3.8, 4) is 0 Å². The van der Waals surface area contributed by atoms with Crippen LogP contribution in [-0.4, -0.2) is 18.2 Å². The number of benzene rings is 1. The molecule has 0 atom stereocenters. The maximum absolute atomic E-state index is 3.55. The molecule has 0 spiro atoms. The van der Waals surface area contributed by atoms with Crippen molar-refractivity contribution in [2.24, 2.45) is 0 Å². The highest BCUT2D eigenvalue weighted by molar-refractivity contribution is 9.10. The van der Waals surface area contributed by atoms with Gasteiger partial charge >= 0.3 is 0 Å². The van der Waals surface area contributed by atoms with Gasteiger partial charge < -0.3 is 9.88 Å². The highest BCUT2D eigenvalue weighted by atomic mass is 79.9. The number of halogens is 1. The van der Waals surface area contributed by atoms with Gasteiger partial charge in [-0.05, 0) is 51.6 Å². The molecule has 0 aliphatic heterocycles. The quantitative estimate of drug-likeness (QED) is 0.909. The van der Waals surface area contributed by atoms with Crippen LogP contribution in [0.15, 0.2) is 28.9 Å². The van der Waals surface area contributed by atoms with E-state index in [1.54, 1.807) is 0 Å². The van der Waals surface area contributed by atoms with Gasteiger partial charge in [-0.25, -0.2) is 0 Å². The average Bonchev–Trinajstić information content (AvgIpc) is 2.64. The van der Waals surface area contributed by atoms with Crippen LogP contribution in [0.25, 0.3) is 10.9 Å². The molecule has 92 valence electrons. The second-order valence-corrected chi connectivity index (χ2v) is 5.59. The third-order valence-corrected chi connectivity index (χ3v) is 3.57. The van der Waals surface area contributed by atoms with Crippen LogP contribution in [0.5, 0.6) is 0 Å². The number of nitrogens with one attached hydrogen (secondary N) is 1. The number of fused-ring (bicyclic) bond motifs is 1. The van der Waals surface area contributed by atoms with Crippen molar-refractivity contribution in [3.05, 3.63) is 34.4 Å². The second-order valence-electron chi connectivity index (χ2n) is 4.67. The number of hydrogen-bond acceptors (Lipinski definition) is 1. The first-order valence-corrected chi connectivity index (χ1v) is 6.86. The normalized spacial score (nSPS) is 11.6. The lowest BCUT2D eigenvalue weighted by atomic mass is 10.1. The van der Waals surface area contributed by atoms with Crippen molar-refractivity contribution in [2.45, 2.75) is 26.3 Å². The summed E-state index contributed by atoms with van der Waals surface area (Å²) in [6, 6.07) is 7.03. The first-order valence-electron chi connectivity index (χ1n) is 6.07. The Balaban J connectivity index is 2.54. The predicted molar refractivity (Wildman–Crippen MR) is 77.7 cm³/mol. The van der Waals surface area contributed by atoms with Gasteiger partial charge in [-0.3, -0.25) is 0 Å². The standard InChI is InChI=1S/C14H19BrN2/c1-10(2)17-9-11(6-7-16-3)13-5-4-12(15)8-14(13)17/h4-5,8-10,16H,6-7H2,1-3H3. The van der Waals surface area contributed by atoms with Crippen molar-refractivity contribution >= 4 is 26.8 Å². The molecule has 0 saturated heterocycles. The Morgan fingerprint density at radius 2 is 2.12 bits per heavy atom. The molecule has 2 aromatic rings. The van der Waals surface area contributed by atoms with Crippen LogP contribution >= 0.6 is 15.9 Å². The van der Waals surface area contributed by atoms with E-state index in [1.165, 1.54) is 16.5 Å². The fourth-order valence-corrected chi connectivity index (χ4v) is 2.53. The molecule has 1 heterocycles. The van der Waals surface area contributed by atoms with Crippen LogP contribution in [-0.2, 0) is 6.42 Å². The van der Waals surface area contributed by atoms with Crippen LogP contribution in [0.3, 0.4) is 0 Å². The summed E-state index contributed by atoms with van der Waals surface area (Å²) in [6.07, 6.45) is 3.37. The van der Waals surface area contributed by atoms with E-state index in [2.05, 4.69) is 64.1 Å². The van der Waals surface area contributed by atoms with E-state index in [0.717, 1.165) is 17.4 Å². The maximum atomic E-state index is 3.55. The van der Waals surface area contributed by atoms with Gasteiger partial charge in [0, 0.05) is 27.6 Å². The Labute approximate surface area is 111 Å². The van der Waals surface area contributed by atoms with Gasteiger partial charge in [0.15, 0.2) is 0 Å². The summed E-state index contributed by atoms with van der Waals surface area (Å²) in [5, 5.41) is 4.58.